The van der Waals surface area contributed by atoms with E-state index < -0.39 is 0 Å². The molecule has 1 fully saturated rings. The average molecular weight is 339 g/mol. The molecule has 0 aliphatic heterocycles. The van der Waals surface area contributed by atoms with Gasteiger partial charge >= 0.3 is 0 Å². The van der Waals surface area contributed by atoms with Crippen LogP contribution in [0.25, 0.3) is 0 Å². The molecule has 4 rings (SSSR count). The number of carbonyl (C=O) groups excluding carboxylic acids is 1. The standard InChI is InChI=1S/C20H25N3O2/c1-23-19(17-7-2-3-8-18(17)22-23)13-21-20(24)14-9-11-16(12-10-14)25-15-5-4-6-15/h9-12,15H,2-8,13H2,1H3,(H,21,24). The van der Waals surface area contributed by atoms with Crippen LogP contribution >= 0.6 is 0 Å². The van der Waals surface area contributed by atoms with Crippen molar-refractivity contribution >= 4 is 5.91 Å². The molecule has 2 aromatic rings. The van der Waals surface area contributed by atoms with Gasteiger partial charge in [-0.1, -0.05) is 0 Å². The van der Waals surface area contributed by atoms with E-state index in [9.17, 15) is 4.79 Å². The van der Waals surface area contributed by atoms with Crippen molar-refractivity contribution in [2.75, 3.05) is 0 Å². The molecule has 1 aromatic heterocycles. The second kappa shape index (κ2) is 6.90. The molecule has 1 aromatic carbocycles. The zero-order chi connectivity index (χ0) is 17.2. The Kier molecular flexibility index (Phi) is 4.47. The Labute approximate surface area is 148 Å². The number of benzene rings is 1. The van der Waals surface area contributed by atoms with Crippen LogP contribution < -0.4 is 10.1 Å². The van der Waals surface area contributed by atoms with Gasteiger partial charge in [0.05, 0.1) is 24.0 Å². The zero-order valence-corrected chi connectivity index (χ0v) is 14.8. The topological polar surface area (TPSA) is 56.2 Å². The average Bonchev–Trinajstić information content (AvgIpc) is 2.92. The third kappa shape index (κ3) is 3.41. The Hall–Kier alpha value is -2.30. The van der Waals surface area contributed by atoms with Gasteiger partial charge in [-0.3, -0.25) is 9.48 Å². The molecular weight excluding hydrogens is 314 g/mol. The first-order chi connectivity index (χ1) is 12.2. The quantitative estimate of drug-likeness (QED) is 0.910. The lowest BCUT2D eigenvalue weighted by molar-refractivity contribution is 0.0949. The van der Waals surface area contributed by atoms with E-state index >= 15 is 0 Å². The number of rotatable bonds is 5. The number of aryl methyl sites for hydroxylation is 2. The van der Waals surface area contributed by atoms with Gasteiger partial charge < -0.3 is 10.1 Å². The number of carbonyl (C=O) groups is 1. The monoisotopic (exact) mass is 339 g/mol. The van der Waals surface area contributed by atoms with Crippen LogP contribution in [-0.4, -0.2) is 21.8 Å². The first kappa shape index (κ1) is 16.2. The number of nitrogens with one attached hydrogen (secondary N) is 1. The van der Waals surface area contributed by atoms with E-state index in [2.05, 4.69) is 10.4 Å². The van der Waals surface area contributed by atoms with Crippen molar-refractivity contribution in [3.05, 3.63) is 46.8 Å². The lowest BCUT2D eigenvalue weighted by Crippen LogP contribution is -2.25. The number of amides is 1. The molecule has 5 heteroatoms. The fourth-order valence-corrected chi connectivity index (χ4v) is 3.60. The summed E-state index contributed by atoms with van der Waals surface area (Å²) in [5.74, 6) is 0.794. The second-order valence-electron chi connectivity index (χ2n) is 7.08. The summed E-state index contributed by atoms with van der Waals surface area (Å²) in [4.78, 5) is 12.4. The number of hydrogen-bond donors (Lipinski definition) is 1. The van der Waals surface area contributed by atoms with E-state index in [1.54, 1.807) is 0 Å². The molecule has 2 aliphatic rings. The molecule has 1 amide bonds. The van der Waals surface area contributed by atoms with Crippen LogP contribution in [0.5, 0.6) is 5.75 Å². The zero-order valence-electron chi connectivity index (χ0n) is 14.8. The summed E-state index contributed by atoms with van der Waals surface area (Å²) in [5, 5.41) is 7.64. The Balaban J connectivity index is 1.38. The first-order valence-electron chi connectivity index (χ1n) is 9.29. The highest BCUT2D eigenvalue weighted by molar-refractivity contribution is 5.94. The lowest BCUT2D eigenvalue weighted by Gasteiger charge is -2.26. The number of aromatic nitrogens is 2. The van der Waals surface area contributed by atoms with Crippen LogP contribution in [0.2, 0.25) is 0 Å². The molecule has 5 nitrogen and oxygen atoms in total. The molecule has 0 radical (unpaired) electrons. The molecule has 0 bridgehead atoms. The Morgan fingerprint density at radius 2 is 1.96 bits per heavy atom. The minimum Gasteiger partial charge on any atom is -0.490 e. The number of fused-ring (bicyclic) bond motifs is 1. The molecule has 0 atom stereocenters. The van der Waals surface area contributed by atoms with Gasteiger partial charge in [0.25, 0.3) is 5.91 Å². The summed E-state index contributed by atoms with van der Waals surface area (Å²) in [6, 6.07) is 7.45. The van der Waals surface area contributed by atoms with Gasteiger partial charge in [0.2, 0.25) is 0 Å². The SMILES string of the molecule is Cn1nc2c(c1CNC(=O)c1ccc(OC3CCC3)cc1)CCCC2. The smallest absolute Gasteiger partial charge is 0.251 e. The number of ether oxygens (including phenoxy) is 1. The van der Waals surface area contributed by atoms with E-state index in [0.29, 0.717) is 18.2 Å². The van der Waals surface area contributed by atoms with E-state index in [-0.39, 0.29) is 5.91 Å². The fourth-order valence-electron chi connectivity index (χ4n) is 3.60. The molecule has 2 aliphatic carbocycles. The molecule has 0 spiro atoms. The summed E-state index contributed by atoms with van der Waals surface area (Å²) in [6.07, 6.45) is 8.43. The van der Waals surface area contributed by atoms with Crippen LogP contribution in [0.15, 0.2) is 24.3 Å². The minimum atomic E-state index is -0.0547. The van der Waals surface area contributed by atoms with Gasteiger partial charge in [0, 0.05) is 12.6 Å². The molecule has 25 heavy (non-hydrogen) atoms. The highest BCUT2D eigenvalue weighted by Crippen LogP contribution is 2.25. The molecule has 1 heterocycles. The minimum absolute atomic E-state index is 0.0547. The lowest BCUT2D eigenvalue weighted by atomic mass is 9.96. The van der Waals surface area contributed by atoms with Crippen molar-refractivity contribution in [3.8, 4) is 5.75 Å². The highest BCUT2D eigenvalue weighted by atomic mass is 16.5. The highest BCUT2D eigenvalue weighted by Gasteiger charge is 2.20. The maximum atomic E-state index is 12.4. The molecular formula is C20H25N3O2. The molecule has 0 saturated heterocycles. The summed E-state index contributed by atoms with van der Waals surface area (Å²) >= 11 is 0. The van der Waals surface area contributed by atoms with Crippen molar-refractivity contribution < 1.29 is 9.53 Å². The predicted molar refractivity (Wildman–Crippen MR) is 95.7 cm³/mol. The summed E-state index contributed by atoms with van der Waals surface area (Å²) in [6.45, 7) is 0.526. The Morgan fingerprint density at radius 3 is 2.68 bits per heavy atom. The van der Waals surface area contributed by atoms with Crippen LogP contribution in [0.4, 0.5) is 0 Å². The maximum absolute atomic E-state index is 12.4. The van der Waals surface area contributed by atoms with Crippen LogP contribution in [-0.2, 0) is 26.4 Å². The number of nitrogens with zero attached hydrogens (tertiary/aromatic N) is 2. The number of hydrogen-bond acceptors (Lipinski definition) is 3. The third-order valence-corrected chi connectivity index (χ3v) is 5.34. The fraction of sp³-hybridized carbons (Fsp3) is 0.500. The van der Waals surface area contributed by atoms with Crippen LogP contribution in [0, 0.1) is 0 Å². The van der Waals surface area contributed by atoms with Crippen molar-refractivity contribution in [2.45, 2.75) is 57.6 Å². The van der Waals surface area contributed by atoms with Crippen LogP contribution in [0.3, 0.4) is 0 Å². The van der Waals surface area contributed by atoms with Crippen molar-refractivity contribution in [1.29, 1.82) is 0 Å². The third-order valence-electron chi connectivity index (χ3n) is 5.34. The summed E-state index contributed by atoms with van der Waals surface area (Å²) in [7, 11) is 1.96. The van der Waals surface area contributed by atoms with Crippen molar-refractivity contribution in [1.82, 2.24) is 15.1 Å². The van der Waals surface area contributed by atoms with E-state index in [4.69, 9.17) is 4.74 Å². The Bertz CT molecular complexity index is 760. The van der Waals surface area contributed by atoms with Gasteiger partial charge in [0.15, 0.2) is 0 Å². The van der Waals surface area contributed by atoms with Crippen LogP contribution in [0.1, 0.15) is 59.4 Å². The molecule has 1 N–H and O–H groups in total. The van der Waals surface area contributed by atoms with Gasteiger partial charge in [-0.25, -0.2) is 0 Å². The molecule has 132 valence electrons. The Morgan fingerprint density at radius 1 is 1.20 bits per heavy atom. The van der Waals surface area contributed by atoms with Gasteiger partial charge in [-0.2, -0.15) is 5.10 Å². The molecule has 1 saturated carbocycles. The van der Waals surface area contributed by atoms with Gasteiger partial charge in [-0.15, -0.1) is 0 Å². The van der Waals surface area contributed by atoms with E-state index in [1.807, 2.05) is 36.0 Å². The predicted octanol–water partition coefficient (Wildman–Crippen LogP) is 3.16. The largest absolute Gasteiger partial charge is 0.490 e. The summed E-state index contributed by atoms with van der Waals surface area (Å²) in [5.41, 5.74) is 4.33. The summed E-state index contributed by atoms with van der Waals surface area (Å²) < 4.78 is 7.76. The normalized spacial score (nSPS) is 16.8. The second-order valence-corrected chi connectivity index (χ2v) is 7.08. The van der Waals surface area contributed by atoms with Crippen molar-refractivity contribution in [3.63, 3.8) is 0 Å². The maximum Gasteiger partial charge on any atom is 0.251 e. The van der Waals surface area contributed by atoms with Gasteiger partial charge in [-0.05, 0) is 74.8 Å². The first-order valence-corrected chi connectivity index (χ1v) is 9.29. The van der Waals surface area contributed by atoms with Gasteiger partial charge in [0.1, 0.15) is 5.75 Å². The molecule has 0 unspecified atom stereocenters. The van der Waals surface area contributed by atoms with Crippen molar-refractivity contribution in [2.24, 2.45) is 7.05 Å². The van der Waals surface area contributed by atoms with E-state index in [1.165, 1.54) is 30.5 Å². The van der Waals surface area contributed by atoms with E-state index in [0.717, 1.165) is 37.1 Å².